The lowest BCUT2D eigenvalue weighted by molar-refractivity contribution is -0.144. The Morgan fingerprint density at radius 1 is 0.963 bits per heavy atom. The predicted octanol–water partition coefficient (Wildman–Crippen LogP) is -3.79. The van der Waals surface area contributed by atoms with Gasteiger partial charge in [-0.3, -0.25) is 47.9 Å². The summed E-state index contributed by atoms with van der Waals surface area (Å²) in [6.07, 6.45) is -1.72. The van der Waals surface area contributed by atoms with Crippen molar-refractivity contribution in [3.8, 4) is 5.75 Å². The summed E-state index contributed by atoms with van der Waals surface area (Å²) >= 11 is -1.04. The molecule has 1 saturated heterocycles. The number of unbranched alkanes of at least 4 members (excludes halogenated alkanes) is 2. The maximum atomic E-state index is 15.2. The lowest BCUT2D eigenvalue weighted by Gasteiger charge is -2.32. The highest BCUT2D eigenvalue weighted by Gasteiger charge is 2.45. The number of aromatic nitrogens is 1. The lowest BCUT2D eigenvalue weighted by atomic mass is 9.93. The van der Waals surface area contributed by atoms with Gasteiger partial charge in [0, 0.05) is 90.9 Å². The van der Waals surface area contributed by atoms with Crippen molar-refractivity contribution in [2.45, 2.75) is 145 Å². The number of primary amides is 2. The van der Waals surface area contributed by atoms with Gasteiger partial charge in [0.25, 0.3) is 0 Å². The zero-order valence-corrected chi connectivity index (χ0v) is 48.1. The van der Waals surface area contributed by atoms with Crippen LogP contribution in [0.4, 0.5) is 0 Å². The van der Waals surface area contributed by atoms with Gasteiger partial charge in [-0.15, -0.1) is 0 Å². The number of aromatic amines is 1. The number of thioether (sulfide) groups is 1. The maximum absolute atomic E-state index is 15.2. The molecule has 0 aliphatic carbocycles. The van der Waals surface area contributed by atoms with Gasteiger partial charge < -0.3 is 88.0 Å². The Hall–Kier alpha value is -6.28. The monoisotopic (exact) mass is 1180 g/mol. The molecular weight excluding hydrogens is 1100 g/mol. The van der Waals surface area contributed by atoms with Crippen LogP contribution in [0.3, 0.4) is 0 Å². The molecule has 28 nitrogen and oxygen atoms in total. The van der Waals surface area contributed by atoms with E-state index in [4.69, 9.17) is 21.0 Å². The van der Waals surface area contributed by atoms with Gasteiger partial charge in [0.15, 0.2) is 6.04 Å². The van der Waals surface area contributed by atoms with Gasteiger partial charge in [0.2, 0.25) is 64.1 Å². The predicted molar refractivity (Wildman–Crippen MR) is 296 cm³/mol. The Labute approximate surface area is 476 Å². The number of hydroxylamine groups is 1. The van der Waals surface area contributed by atoms with Crippen LogP contribution in [-0.2, 0) is 76.1 Å². The normalized spacial score (nSPS) is 22.5. The summed E-state index contributed by atoms with van der Waals surface area (Å²) in [5.41, 5.74) is 15.1. The number of H-pyrrole nitrogens is 1. The van der Waals surface area contributed by atoms with Crippen molar-refractivity contribution in [1.29, 1.82) is 0 Å². The van der Waals surface area contributed by atoms with Crippen molar-refractivity contribution < 1.29 is 77.4 Å². The van der Waals surface area contributed by atoms with Crippen molar-refractivity contribution >= 4 is 92.9 Å². The number of nitrogens with zero attached hydrogens (tertiary/aromatic N) is 1. The van der Waals surface area contributed by atoms with E-state index in [1.54, 1.807) is 40.0 Å². The Balaban J connectivity index is 1.86. The second kappa shape index (κ2) is 33.0. The molecular formula is C51H80N12O16S2. The molecule has 2 aliphatic heterocycles. The zero-order valence-electron chi connectivity index (χ0n) is 46.5. The molecule has 4 rings (SSSR count). The van der Waals surface area contributed by atoms with E-state index in [1.807, 2.05) is 0 Å². The van der Waals surface area contributed by atoms with E-state index in [2.05, 4.69) is 47.7 Å². The first kappa shape index (κ1) is 67.2. The van der Waals surface area contributed by atoms with E-state index >= 15 is 4.55 Å². The summed E-state index contributed by atoms with van der Waals surface area (Å²) < 4.78 is 20.9. The van der Waals surface area contributed by atoms with E-state index in [1.165, 1.54) is 25.8 Å². The molecule has 16 N–H and O–H groups in total. The highest BCUT2D eigenvalue weighted by molar-refractivity contribution is 7.98. The number of aliphatic hydroxyl groups is 3. The number of hydrogen-bond donors (Lipinski definition) is 14. The first-order valence-electron chi connectivity index (χ1n) is 26.8. The molecule has 0 saturated carbocycles. The fraction of sp³-hybridized carbons (Fsp3) is 0.647. The minimum atomic E-state index is -2.45. The Morgan fingerprint density at radius 3 is 2.33 bits per heavy atom. The number of carbonyl (C=O) groups is 10. The third kappa shape index (κ3) is 19.4. The van der Waals surface area contributed by atoms with E-state index in [9.17, 15) is 63.3 Å². The Bertz CT molecular complexity index is 2540. The topological polar surface area (TPSA) is 440 Å². The van der Waals surface area contributed by atoms with Gasteiger partial charge in [-0.1, -0.05) is 40.5 Å². The number of nitrogens with two attached hydrogens (primary N) is 2. The van der Waals surface area contributed by atoms with Gasteiger partial charge in [-0.25, -0.2) is 5.48 Å². The molecule has 30 heteroatoms. The van der Waals surface area contributed by atoms with Crippen LogP contribution in [0.5, 0.6) is 5.75 Å². The number of methoxy groups -OCH3 is 1. The van der Waals surface area contributed by atoms with E-state index < -0.39 is 163 Å². The molecule has 1 fully saturated rings. The van der Waals surface area contributed by atoms with E-state index in [-0.39, 0.29) is 34.6 Å². The van der Waals surface area contributed by atoms with Crippen LogP contribution >= 0.6 is 11.8 Å². The van der Waals surface area contributed by atoms with E-state index in [0.29, 0.717) is 60.4 Å². The van der Waals surface area contributed by atoms with Crippen molar-refractivity contribution in [3.05, 3.63) is 23.3 Å². The number of ether oxygens (including phenoxy) is 1. The number of nitrogens with one attached hydrogen (secondary N) is 9. The molecule has 1 aromatic carbocycles. The average Bonchev–Trinajstić information content (AvgIpc) is 4.27. The van der Waals surface area contributed by atoms with Crippen molar-refractivity contribution in [2.75, 3.05) is 58.5 Å². The van der Waals surface area contributed by atoms with Gasteiger partial charge in [-0.2, -0.15) is 11.8 Å². The second-order valence-corrected chi connectivity index (χ2v) is 22.4. The van der Waals surface area contributed by atoms with Crippen molar-refractivity contribution in [1.82, 2.24) is 52.6 Å². The molecule has 0 bridgehead atoms. The molecule has 452 valence electrons. The number of benzene rings is 1. The Morgan fingerprint density at radius 2 is 1.69 bits per heavy atom. The molecule has 11 atom stereocenters. The summed E-state index contributed by atoms with van der Waals surface area (Å²) in [4.78, 5) is 145. The largest absolute Gasteiger partial charge is 0.610 e. The first-order valence-corrected chi connectivity index (χ1v) is 29.3. The molecule has 81 heavy (non-hydrogen) atoms. The maximum Gasteiger partial charge on any atom is 0.248 e. The lowest BCUT2D eigenvalue weighted by Crippen LogP contribution is -2.61. The summed E-state index contributed by atoms with van der Waals surface area (Å²) in [7, 11) is 3.09. The van der Waals surface area contributed by atoms with Crippen LogP contribution in [0.15, 0.2) is 17.2 Å². The minimum absolute atomic E-state index is 0.0660. The minimum Gasteiger partial charge on any atom is -0.610 e. The number of rotatable bonds is 27. The molecule has 1 unspecified atom stereocenters. The highest BCUT2D eigenvalue weighted by Crippen LogP contribution is 2.37. The van der Waals surface area contributed by atoms with Gasteiger partial charge in [-0.05, 0) is 30.9 Å². The summed E-state index contributed by atoms with van der Waals surface area (Å²) in [5.74, 6) is -10.4. The number of amides is 10. The molecule has 0 radical (unpaired) electrons. The van der Waals surface area contributed by atoms with Crippen LogP contribution in [0.1, 0.15) is 90.2 Å². The van der Waals surface area contributed by atoms with Crippen LogP contribution in [0.2, 0.25) is 0 Å². The van der Waals surface area contributed by atoms with Gasteiger partial charge in [0.1, 0.15) is 41.7 Å². The first-order chi connectivity index (χ1) is 38.5. The smallest absolute Gasteiger partial charge is 0.248 e. The molecule has 1 aromatic heterocycles. The molecule has 2 aromatic rings. The average molecular weight is 1180 g/mol. The van der Waals surface area contributed by atoms with Gasteiger partial charge in [0.05, 0.1) is 51.0 Å². The van der Waals surface area contributed by atoms with Crippen LogP contribution < -0.4 is 58.9 Å². The molecule has 2 aliphatic rings. The van der Waals surface area contributed by atoms with Crippen LogP contribution in [0, 0.1) is 11.8 Å². The standard InChI is InChI=1S/C51H80N12O16S2/c1-7-26(3)42(60-39(68)8-2)48(74)56-21-41(70)57-34-25-81(77)50-30(29-13-14-37(78-6)31(44(29)62-50)24-80-17-15-55-40(69)12-10-9-11-16-79-54-5)19-32(45(53)71)58-49(75)43(27(4)36(66)23-64)61-47(73)35-18-28(65)22-63(35)51(76)33(20-38(52)67)59-46(34)72/h13-14,26-28,32-36,42-43,54,62,64-66H,7-12,15-25H2,1-6H3,(H2,52,67)(H2,53,71)(H,55,69)(H,56,74)(H,57,70)(H,58,75)(H,59,72)(H,60,68)(H,61,73)/t26-,27-,28+,32-,33-,34-,35-,36-,42-,43-,81?/m0/s1. The van der Waals surface area contributed by atoms with Crippen LogP contribution in [0.25, 0.3) is 10.9 Å². The van der Waals surface area contributed by atoms with Crippen molar-refractivity contribution in [3.63, 3.8) is 0 Å². The number of hydrogen-bond acceptors (Lipinski definition) is 18. The third-order valence-corrected chi connectivity index (χ3v) is 16.5. The third-order valence-electron chi connectivity index (χ3n) is 14.0. The molecule has 0 spiro atoms. The fourth-order valence-electron chi connectivity index (χ4n) is 9.19. The molecule has 3 heterocycles. The quantitative estimate of drug-likeness (QED) is 0.0232. The molecule has 10 amide bonds. The summed E-state index contributed by atoms with van der Waals surface area (Å²) in [5, 5.41) is 49.5. The van der Waals surface area contributed by atoms with Crippen molar-refractivity contribution in [2.24, 2.45) is 23.3 Å². The summed E-state index contributed by atoms with van der Waals surface area (Å²) in [6, 6.07) is -6.62. The zero-order chi connectivity index (χ0) is 60.1. The SMILES string of the molecule is CCC(=O)N[C@H](C(=O)NCC(=O)N[C@H]1C[S+]([O-])c2[nH]c3c(CSCCNC(=O)CCCCCONC)c(OC)ccc3c2C[C@@H](C(N)=O)NC(=O)[C@H]([C@@H](C)[C@@H](O)CO)NC(=O)[C@@H]2C[C@@H](O)CN2C(=O)[C@H](CC(N)=O)NC1=O)[C@@H](C)CC. The fourth-order valence-corrected chi connectivity index (χ4v) is 11.5. The number of carbonyl (C=O) groups excluding carboxylic acids is 10. The van der Waals surface area contributed by atoms with Crippen LogP contribution in [-0.4, -0.2) is 196 Å². The number of aliphatic hydroxyl groups excluding tert-OH is 3. The second-order valence-electron chi connectivity index (χ2n) is 19.9. The highest BCUT2D eigenvalue weighted by atomic mass is 32.2. The number of fused-ring (bicyclic) bond motifs is 4. The Kier molecular flexibility index (Phi) is 27.4. The van der Waals surface area contributed by atoms with E-state index in [0.717, 1.165) is 17.7 Å². The van der Waals surface area contributed by atoms with Gasteiger partial charge >= 0.3 is 0 Å². The summed E-state index contributed by atoms with van der Waals surface area (Å²) in [6.45, 7) is 5.06.